The van der Waals surface area contributed by atoms with Crippen LogP contribution in [0.1, 0.15) is 42.1 Å². The molecule has 106 valence electrons. The maximum absolute atomic E-state index is 12.2. The molecule has 2 rings (SSSR count). The summed E-state index contributed by atoms with van der Waals surface area (Å²) in [6.45, 7) is 1.68. The fourth-order valence-corrected chi connectivity index (χ4v) is 2.60. The fraction of sp³-hybridized carbons (Fsp3) is 0.400. The van der Waals surface area contributed by atoms with Gasteiger partial charge in [-0.25, -0.2) is 0 Å². The van der Waals surface area contributed by atoms with E-state index >= 15 is 0 Å². The van der Waals surface area contributed by atoms with E-state index in [0.29, 0.717) is 36.4 Å². The number of ketones is 1. The van der Waals surface area contributed by atoms with Gasteiger partial charge in [0.05, 0.1) is 0 Å². The minimum absolute atomic E-state index is 0.0366. The molecule has 1 aliphatic heterocycles. The largest absolute Gasteiger partial charge is 0.294 e. The molecule has 0 N–H and O–H groups in total. The molecule has 0 atom stereocenters. The van der Waals surface area contributed by atoms with Crippen molar-refractivity contribution in [1.82, 2.24) is 4.90 Å². The van der Waals surface area contributed by atoms with Crippen LogP contribution in [0.4, 0.5) is 0 Å². The zero-order chi connectivity index (χ0) is 14.7. The molecule has 5 heteroatoms. The molecule has 0 aliphatic carbocycles. The number of carbonyl (C=O) groups is 3. The minimum Gasteiger partial charge on any atom is -0.294 e. The highest BCUT2D eigenvalue weighted by Crippen LogP contribution is 2.21. The third-order valence-electron chi connectivity index (χ3n) is 3.44. The van der Waals surface area contributed by atoms with Crippen LogP contribution in [0.25, 0.3) is 0 Å². The predicted octanol–water partition coefficient (Wildman–Crippen LogP) is 2.62. The predicted molar refractivity (Wildman–Crippen MR) is 75.7 cm³/mol. The number of aryl methyl sites for hydroxylation is 1. The molecule has 2 amide bonds. The zero-order valence-electron chi connectivity index (χ0n) is 11.3. The number of hydrogen-bond donors (Lipinski definition) is 0. The molecule has 0 fully saturated rings. The summed E-state index contributed by atoms with van der Waals surface area (Å²) in [6.07, 6.45) is 1.45. The SMILES string of the molecule is CC(=O)N1CCCC(=O)c2ccc(Cl)cc2CCC1=O. The molecular weight excluding hydrogens is 278 g/mol. The van der Waals surface area contributed by atoms with E-state index in [1.807, 2.05) is 0 Å². The Labute approximate surface area is 122 Å². The highest BCUT2D eigenvalue weighted by molar-refractivity contribution is 6.30. The van der Waals surface area contributed by atoms with Crippen molar-refractivity contribution in [2.75, 3.05) is 6.54 Å². The van der Waals surface area contributed by atoms with E-state index in [4.69, 9.17) is 11.6 Å². The topological polar surface area (TPSA) is 54.5 Å². The lowest BCUT2D eigenvalue weighted by atomic mass is 9.96. The van der Waals surface area contributed by atoms with Crippen molar-refractivity contribution < 1.29 is 14.4 Å². The number of rotatable bonds is 0. The van der Waals surface area contributed by atoms with Gasteiger partial charge in [-0.1, -0.05) is 11.6 Å². The van der Waals surface area contributed by atoms with Crippen LogP contribution in [0, 0.1) is 0 Å². The Morgan fingerprint density at radius 2 is 1.95 bits per heavy atom. The van der Waals surface area contributed by atoms with Crippen molar-refractivity contribution in [3.8, 4) is 0 Å². The molecule has 4 nitrogen and oxygen atoms in total. The van der Waals surface area contributed by atoms with Gasteiger partial charge in [0, 0.05) is 36.9 Å². The number of imide groups is 1. The summed E-state index contributed by atoms with van der Waals surface area (Å²) in [4.78, 5) is 36.9. The van der Waals surface area contributed by atoms with E-state index in [2.05, 4.69) is 0 Å². The Morgan fingerprint density at radius 3 is 2.65 bits per heavy atom. The van der Waals surface area contributed by atoms with Crippen molar-refractivity contribution in [2.24, 2.45) is 0 Å². The molecule has 0 radical (unpaired) electrons. The number of carbonyl (C=O) groups excluding carboxylic acids is 3. The monoisotopic (exact) mass is 293 g/mol. The second-order valence-electron chi connectivity index (χ2n) is 4.89. The van der Waals surface area contributed by atoms with Crippen LogP contribution in [0.5, 0.6) is 0 Å². The van der Waals surface area contributed by atoms with Gasteiger partial charge in [0.1, 0.15) is 0 Å². The smallest absolute Gasteiger partial charge is 0.229 e. The molecule has 0 spiro atoms. The summed E-state index contributed by atoms with van der Waals surface area (Å²) >= 11 is 5.95. The number of nitrogens with zero attached hydrogens (tertiary/aromatic N) is 1. The van der Waals surface area contributed by atoms with Gasteiger partial charge < -0.3 is 0 Å². The van der Waals surface area contributed by atoms with Crippen LogP contribution in [0.2, 0.25) is 5.02 Å². The number of halogens is 1. The van der Waals surface area contributed by atoms with Crippen LogP contribution < -0.4 is 0 Å². The van der Waals surface area contributed by atoms with E-state index in [1.165, 1.54) is 11.8 Å². The summed E-state index contributed by atoms with van der Waals surface area (Å²) in [5.41, 5.74) is 1.42. The molecule has 0 bridgehead atoms. The van der Waals surface area contributed by atoms with Crippen LogP contribution in [0.3, 0.4) is 0 Å². The van der Waals surface area contributed by atoms with Crippen LogP contribution in [0.15, 0.2) is 18.2 Å². The average molecular weight is 294 g/mol. The molecule has 0 unspecified atom stereocenters. The van der Waals surface area contributed by atoms with Gasteiger partial charge in [0.15, 0.2) is 5.78 Å². The normalized spacial score (nSPS) is 16.8. The maximum atomic E-state index is 12.2. The highest BCUT2D eigenvalue weighted by Gasteiger charge is 2.21. The number of benzene rings is 1. The summed E-state index contributed by atoms with van der Waals surface area (Å²) < 4.78 is 0. The molecule has 1 aromatic carbocycles. The Morgan fingerprint density at radius 1 is 1.20 bits per heavy atom. The molecule has 1 heterocycles. The average Bonchev–Trinajstić information content (AvgIpc) is 2.39. The Balaban J connectivity index is 2.31. The number of hydrogen-bond acceptors (Lipinski definition) is 3. The molecule has 1 aromatic rings. The van der Waals surface area contributed by atoms with Crippen LogP contribution >= 0.6 is 11.6 Å². The second kappa shape index (κ2) is 6.18. The van der Waals surface area contributed by atoms with E-state index in [0.717, 1.165) is 5.56 Å². The summed E-state index contributed by atoms with van der Waals surface area (Å²) in [7, 11) is 0. The lowest BCUT2D eigenvalue weighted by Gasteiger charge is -2.21. The first kappa shape index (κ1) is 14.7. The lowest BCUT2D eigenvalue weighted by molar-refractivity contribution is -0.143. The quantitative estimate of drug-likeness (QED) is 0.739. The molecule has 0 saturated heterocycles. The second-order valence-corrected chi connectivity index (χ2v) is 5.33. The van der Waals surface area contributed by atoms with Crippen molar-refractivity contribution in [1.29, 1.82) is 0 Å². The molecular formula is C15H16ClNO3. The van der Waals surface area contributed by atoms with Crippen molar-refractivity contribution in [3.05, 3.63) is 34.3 Å². The lowest BCUT2D eigenvalue weighted by Crippen LogP contribution is -2.36. The minimum atomic E-state index is -0.269. The highest BCUT2D eigenvalue weighted by atomic mass is 35.5. The molecule has 0 saturated carbocycles. The third kappa shape index (κ3) is 3.25. The van der Waals surface area contributed by atoms with Crippen molar-refractivity contribution in [3.63, 3.8) is 0 Å². The summed E-state index contributed by atoms with van der Waals surface area (Å²) in [5, 5.41) is 0.546. The Bertz CT molecular complexity index is 568. The first-order valence-electron chi connectivity index (χ1n) is 6.61. The maximum Gasteiger partial charge on any atom is 0.229 e. The first-order valence-corrected chi connectivity index (χ1v) is 6.99. The fourth-order valence-electron chi connectivity index (χ4n) is 2.41. The first-order chi connectivity index (χ1) is 9.49. The molecule has 20 heavy (non-hydrogen) atoms. The van der Waals surface area contributed by atoms with Crippen molar-refractivity contribution >= 4 is 29.2 Å². The van der Waals surface area contributed by atoms with Gasteiger partial charge in [-0.2, -0.15) is 0 Å². The van der Waals surface area contributed by atoms with Crippen LogP contribution in [-0.2, 0) is 16.0 Å². The van der Waals surface area contributed by atoms with E-state index in [1.54, 1.807) is 18.2 Å². The number of Topliss-reactive ketones (excluding diaryl/α,β-unsaturated/α-hetero) is 1. The Hall–Kier alpha value is -1.68. The van der Waals surface area contributed by atoms with E-state index < -0.39 is 0 Å². The summed E-state index contributed by atoms with van der Waals surface area (Å²) in [6, 6.07) is 5.13. The van der Waals surface area contributed by atoms with Gasteiger partial charge in [-0.05, 0) is 36.6 Å². The molecule has 1 aliphatic rings. The number of fused-ring (bicyclic) bond motifs is 1. The van der Waals surface area contributed by atoms with Crippen molar-refractivity contribution in [2.45, 2.75) is 32.6 Å². The molecule has 0 aromatic heterocycles. The van der Waals surface area contributed by atoms with Gasteiger partial charge in [0.25, 0.3) is 0 Å². The third-order valence-corrected chi connectivity index (χ3v) is 3.68. The van der Waals surface area contributed by atoms with E-state index in [-0.39, 0.29) is 24.0 Å². The standard InChI is InChI=1S/C15H16ClNO3/c1-10(18)17-8-2-3-14(19)13-6-5-12(16)9-11(13)4-7-15(17)20/h5-6,9H,2-4,7-8H2,1H3. The number of amides is 2. The van der Waals surface area contributed by atoms with E-state index in [9.17, 15) is 14.4 Å². The Kier molecular flexibility index (Phi) is 4.55. The van der Waals surface area contributed by atoms with Gasteiger partial charge in [-0.3, -0.25) is 19.3 Å². The zero-order valence-corrected chi connectivity index (χ0v) is 12.1. The van der Waals surface area contributed by atoms with Gasteiger partial charge >= 0.3 is 0 Å². The summed E-state index contributed by atoms with van der Waals surface area (Å²) in [5.74, 6) is -0.429. The van der Waals surface area contributed by atoms with Gasteiger partial charge in [0.2, 0.25) is 11.8 Å². The van der Waals surface area contributed by atoms with Gasteiger partial charge in [-0.15, -0.1) is 0 Å². The van der Waals surface area contributed by atoms with Crippen LogP contribution in [-0.4, -0.2) is 29.0 Å².